The van der Waals surface area contributed by atoms with Gasteiger partial charge in [-0.3, -0.25) is 14.5 Å². The quantitative estimate of drug-likeness (QED) is 0.187. The summed E-state index contributed by atoms with van der Waals surface area (Å²) >= 11 is 0. The van der Waals surface area contributed by atoms with Gasteiger partial charge in [0.25, 0.3) is 11.8 Å². The number of phenols is 1. The van der Waals surface area contributed by atoms with E-state index in [9.17, 15) is 14.7 Å². The Hall–Kier alpha value is -5.13. The zero-order valence-electron chi connectivity index (χ0n) is 34.3. The molecule has 3 aliphatic heterocycles. The number of aromatic hydroxyl groups is 1. The average molecular weight is 788 g/mol. The lowest BCUT2D eigenvalue weighted by atomic mass is 9.88. The Bertz CT molecular complexity index is 2130. The second-order valence-electron chi connectivity index (χ2n) is 16.6. The van der Waals surface area contributed by atoms with Gasteiger partial charge in [0.2, 0.25) is 0 Å². The number of carbonyl (C=O) groups excluding carboxylic acids is 3. The summed E-state index contributed by atoms with van der Waals surface area (Å²) in [6.45, 7) is 7.72. The number of morpholine rings is 1. The van der Waals surface area contributed by atoms with Crippen molar-refractivity contribution in [1.29, 1.82) is 0 Å². The van der Waals surface area contributed by atoms with Gasteiger partial charge in [-0.1, -0.05) is 30.7 Å². The van der Waals surface area contributed by atoms with Gasteiger partial charge < -0.3 is 33.8 Å². The Balaban J connectivity index is 1.15. The number of carbonyl (C=O) groups is 3. The molecule has 0 bridgehead atoms. The molecule has 1 aliphatic carbocycles. The van der Waals surface area contributed by atoms with E-state index in [-0.39, 0.29) is 35.8 Å². The highest BCUT2D eigenvalue weighted by molar-refractivity contribution is 6.08. The molecule has 1 saturated carbocycles. The minimum absolute atomic E-state index is 0.0144. The number of anilines is 1. The van der Waals surface area contributed by atoms with Crippen molar-refractivity contribution in [3.63, 3.8) is 0 Å². The number of phenolic OH excluding ortho intramolecular Hbond substituents is 1. The van der Waals surface area contributed by atoms with E-state index < -0.39 is 0 Å². The first-order valence-electron chi connectivity index (χ1n) is 21.2. The van der Waals surface area contributed by atoms with Crippen molar-refractivity contribution in [2.75, 3.05) is 51.3 Å². The van der Waals surface area contributed by atoms with Crippen molar-refractivity contribution in [3.8, 4) is 17.0 Å². The van der Waals surface area contributed by atoms with Crippen LogP contribution in [0.5, 0.6) is 5.75 Å². The maximum atomic E-state index is 15.4. The molecule has 3 aromatic carbocycles. The van der Waals surface area contributed by atoms with Crippen LogP contribution in [0.2, 0.25) is 0 Å². The van der Waals surface area contributed by atoms with Crippen LogP contribution in [-0.2, 0) is 42.5 Å². The highest BCUT2D eigenvalue weighted by Crippen LogP contribution is 2.37. The van der Waals surface area contributed by atoms with Gasteiger partial charge >= 0.3 is 6.09 Å². The van der Waals surface area contributed by atoms with Crippen LogP contribution < -0.4 is 4.90 Å². The van der Waals surface area contributed by atoms with Crippen LogP contribution in [0.15, 0.2) is 66.7 Å². The summed E-state index contributed by atoms with van der Waals surface area (Å²) in [4.78, 5) is 50.9. The smallest absolute Gasteiger partial charge is 0.410 e. The molecule has 0 radical (unpaired) electrons. The lowest BCUT2D eigenvalue weighted by Gasteiger charge is -2.38. The van der Waals surface area contributed by atoms with Gasteiger partial charge in [-0.25, -0.2) is 4.79 Å². The third-order valence-corrected chi connectivity index (χ3v) is 13.0. The van der Waals surface area contributed by atoms with Gasteiger partial charge in [-0.05, 0) is 130 Å². The molecule has 4 aliphatic rings. The Kier molecular flexibility index (Phi) is 11.9. The second-order valence-corrected chi connectivity index (χ2v) is 16.6. The Morgan fingerprint density at radius 3 is 2.36 bits per heavy atom. The SMILES string of the molecule is Cc1c(C(=O)N(C)c2ccc(O)cc2)cc(-c2cc3c(cc2C(=O)N2Cc4ccccc4C[C@H]2CCCN2CCOCC2)CN(C(=O)OC2CCCCC2)CC3)n1C. The zero-order valence-corrected chi connectivity index (χ0v) is 34.3. The van der Waals surface area contributed by atoms with Crippen molar-refractivity contribution in [3.05, 3.63) is 106 Å². The summed E-state index contributed by atoms with van der Waals surface area (Å²) < 4.78 is 13.6. The van der Waals surface area contributed by atoms with Crippen LogP contribution >= 0.6 is 0 Å². The van der Waals surface area contributed by atoms with E-state index in [1.54, 1.807) is 41.1 Å². The second kappa shape index (κ2) is 17.4. The molecule has 3 amide bonds. The standard InChI is InChI=1S/C47H57N5O6/c1-32-41(45(54)49(3)37-15-17-39(53)18-16-37)29-44(48(32)2)42-27-34-19-21-51(47(56)58-40-13-5-4-6-14-40)30-36(34)28-43(42)46(55)52-31-35-11-8-7-10-33(35)26-38(52)12-9-20-50-22-24-57-25-23-50/h7-8,10-11,15-18,27-29,38,40,53H,4-6,9,12-14,19-26,30-31H2,1-3H3/t38-/m1/s1. The summed E-state index contributed by atoms with van der Waals surface area (Å²) in [5, 5.41) is 9.85. The van der Waals surface area contributed by atoms with Crippen LogP contribution in [0.3, 0.4) is 0 Å². The number of aromatic nitrogens is 1. The maximum Gasteiger partial charge on any atom is 0.410 e. The van der Waals surface area contributed by atoms with Crippen molar-refractivity contribution in [2.45, 2.75) is 89.9 Å². The normalized spacial score (nSPS) is 18.7. The molecule has 1 atom stereocenters. The largest absolute Gasteiger partial charge is 0.508 e. The molecule has 4 heterocycles. The fraction of sp³-hybridized carbons (Fsp3) is 0.468. The van der Waals surface area contributed by atoms with E-state index in [0.29, 0.717) is 42.9 Å². The summed E-state index contributed by atoms with van der Waals surface area (Å²) in [6, 6.07) is 21.1. The molecule has 1 N–H and O–H groups in total. The van der Waals surface area contributed by atoms with Gasteiger partial charge in [0, 0.05) is 81.1 Å². The number of nitrogens with zero attached hydrogens (tertiary/aromatic N) is 5. The number of ether oxygens (including phenoxy) is 2. The van der Waals surface area contributed by atoms with E-state index in [2.05, 4.69) is 34.1 Å². The predicted molar refractivity (Wildman–Crippen MR) is 224 cm³/mol. The summed E-state index contributed by atoms with van der Waals surface area (Å²) in [7, 11) is 3.68. The van der Waals surface area contributed by atoms with E-state index in [4.69, 9.17) is 9.47 Å². The highest BCUT2D eigenvalue weighted by atomic mass is 16.6. The minimum atomic E-state index is -0.276. The first-order chi connectivity index (χ1) is 28.1. The number of hydrogen-bond acceptors (Lipinski definition) is 7. The molecule has 58 heavy (non-hydrogen) atoms. The molecule has 1 saturated heterocycles. The van der Waals surface area contributed by atoms with Crippen molar-refractivity contribution < 1.29 is 29.0 Å². The molecule has 306 valence electrons. The van der Waals surface area contributed by atoms with E-state index >= 15 is 4.79 Å². The van der Waals surface area contributed by atoms with Gasteiger partial charge in [-0.15, -0.1) is 0 Å². The highest BCUT2D eigenvalue weighted by Gasteiger charge is 2.34. The number of rotatable bonds is 9. The molecule has 0 spiro atoms. The van der Waals surface area contributed by atoms with Crippen LogP contribution in [0.4, 0.5) is 10.5 Å². The fourth-order valence-corrected chi connectivity index (χ4v) is 9.32. The molecular formula is C47H57N5O6. The lowest BCUT2D eigenvalue weighted by molar-refractivity contribution is 0.0353. The molecule has 8 rings (SSSR count). The van der Waals surface area contributed by atoms with Gasteiger partial charge in [0.15, 0.2) is 0 Å². The Morgan fingerprint density at radius 1 is 0.862 bits per heavy atom. The molecule has 11 heteroatoms. The number of benzene rings is 3. The van der Waals surface area contributed by atoms with Gasteiger partial charge in [0.05, 0.1) is 18.8 Å². The van der Waals surface area contributed by atoms with Crippen molar-refractivity contribution in [2.24, 2.45) is 7.05 Å². The molecule has 4 aromatic rings. The molecule has 2 fully saturated rings. The zero-order chi connectivity index (χ0) is 40.3. The fourth-order valence-electron chi connectivity index (χ4n) is 9.32. The summed E-state index contributed by atoms with van der Waals surface area (Å²) in [5.41, 5.74) is 8.62. The van der Waals surface area contributed by atoms with Crippen molar-refractivity contribution in [1.82, 2.24) is 19.3 Å². The minimum Gasteiger partial charge on any atom is -0.508 e. The van der Waals surface area contributed by atoms with Gasteiger partial charge in [-0.2, -0.15) is 0 Å². The van der Waals surface area contributed by atoms with Crippen LogP contribution in [-0.4, -0.2) is 101 Å². The predicted octanol–water partition coefficient (Wildman–Crippen LogP) is 7.49. The van der Waals surface area contributed by atoms with E-state index in [0.717, 1.165) is 111 Å². The number of fused-ring (bicyclic) bond motifs is 2. The summed E-state index contributed by atoms with van der Waals surface area (Å²) in [6.07, 6.45) is 8.16. The molecule has 11 nitrogen and oxygen atoms in total. The summed E-state index contributed by atoms with van der Waals surface area (Å²) in [5.74, 6) is -0.0948. The first-order valence-corrected chi connectivity index (χ1v) is 21.2. The topological polar surface area (TPSA) is 108 Å². The van der Waals surface area contributed by atoms with Crippen molar-refractivity contribution >= 4 is 23.6 Å². The Morgan fingerprint density at radius 2 is 1.60 bits per heavy atom. The van der Waals surface area contributed by atoms with Crippen LogP contribution in [0.25, 0.3) is 11.3 Å². The lowest BCUT2D eigenvalue weighted by Crippen LogP contribution is -2.45. The average Bonchev–Trinajstić information content (AvgIpc) is 3.55. The first kappa shape index (κ1) is 39.7. The maximum absolute atomic E-state index is 15.4. The molecule has 1 aromatic heterocycles. The Labute approximate surface area is 342 Å². The molecular weight excluding hydrogens is 731 g/mol. The van der Waals surface area contributed by atoms with E-state index in [1.165, 1.54) is 12.0 Å². The molecule has 0 unspecified atom stereocenters. The third kappa shape index (κ3) is 8.38. The third-order valence-electron chi connectivity index (χ3n) is 13.0. The van der Waals surface area contributed by atoms with Gasteiger partial charge in [0.1, 0.15) is 11.9 Å². The number of amides is 3. The van der Waals surface area contributed by atoms with Crippen LogP contribution in [0, 0.1) is 6.92 Å². The van der Waals surface area contributed by atoms with Crippen LogP contribution in [0.1, 0.15) is 93.6 Å². The monoisotopic (exact) mass is 787 g/mol. The van der Waals surface area contributed by atoms with E-state index in [1.807, 2.05) is 36.7 Å². The number of hydrogen-bond donors (Lipinski definition) is 1.